The Morgan fingerprint density at radius 1 is 1.39 bits per heavy atom. The predicted octanol–water partition coefficient (Wildman–Crippen LogP) is 0.700. The second kappa shape index (κ2) is 6.11. The second-order valence-electron chi connectivity index (χ2n) is 3.92. The predicted molar refractivity (Wildman–Crippen MR) is 61.7 cm³/mol. The van der Waals surface area contributed by atoms with Crippen molar-refractivity contribution in [2.24, 2.45) is 0 Å². The van der Waals surface area contributed by atoms with E-state index in [1.54, 1.807) is 6.92 Å². The number of nitrogens with one attached hydrogen (secondary N) is 1. The standard InChI is InChI=1S/C12H14FNO4/c1-7-4-8(6-9(13)5-7)11(16)14-3-2-10(15)12(17)18/h4-6,10,15H,2-3H2,1H3,(H,14,16)(H,17,18). The summed E-state index contributed by atoms with van der Waals surface area (Å²) < 4.78 is 13.0. The van der Waals surface area contributed by atoms with Crippen LogP contribution in [0.1, 0.15) is 22.3 Å². The van der Waals surface area contributed by atoms with E-state index in [1.807, 2.05) is 0 Å². The van der Waals surface area contributed by atoms with E-state index >= 15 is 0 Å². The van der Waals surface area contributed by atoms with Gasteiger partial charge in [0, 0.05) is 18.5 Å². The smallest absolute Gasteiger partial charge is 0.332 e. The van der Waals surface area contributed by atoms with Crippen LogP contribution in [0.5, 0.6) is 0 Å². The topological polar surface area (TPSA) is 86.6 Å². The van der Waals surface area contributed by atoms with Gasteiger partial charge in [-0.05, 0) is 30.7 Å². The molecule has 0 bridgehead atoms. The molecule has 1 rings (SSSR count). The number of aliphatic hydroxyl groups excluding tert-OH is 1. The van der Waals surface area contributed by atoms with E-state index in [0.29, 0.717) is 5.56 Å². The molecule has 0 spiro atoms. The number of benzene rings is 1. The maximum atomic E-state index is 13.0. The van der Waals surface area contributed by atoms with Crippen molar-refractivity contribution in [2.45, 2.75) is 19.4 Å². The molecule has 0 aliphatic carbocycles. The molecule has 0 heterocycles. The Morgan fingerprint density at radius 2 is 2.06 bits per heavy atom. The van der Waals surface area contributed by atoms with E-state index < -0.39 is 23.8 Å². The molecule has 0 aromatic heterocycles. The zero-order valence-electron chi connectivity index (χ0n) is 9.81. The van der Waals surface area contributed by atoms with Crippen LogP contribution in [0.15, 0.2) is 18.2 Å². The fraction of sp³-hybridized carbons (Fsp3) is 0.333. The quantitative estimate of drug-likeness (QED) is 0.722. The average Bonchev–Trinajstić information content (AvgIpc) is 2.27. The molecule has 3 N–H and O–H groups in total. The van der Waals surface area contributed by atoms with Gasteiger partial charge in [-0.15, -0.1) is 0 Å². The van der Waals surface area contributed by atoms with Gasteiger partial charge in [-0.2, -0.15) is 0 Å². The van der Waals surface area contributed by atoms with Gasteiger partial charge in [-0.3, -0.25) is 4.79 Å². The summed E-state index contributed by atoms with van der Waals surface area (Å²) in [5, 5.41) is 19.8. The second-order valence-corrected chi connectivity index (χ2v) is 3.92. The van der Waals surface area contributed by atoms with E-state index in [4.69, 9.17) is 10.2 Å². The van der Waals surface area contributed by atoms with Crippen LogP contribution in [0.2, 0.25) is 0 Å². The monoisotopic (exact) mass is 255 g/mol. The lowest BCUT2D eigenvalue weighted by molar-refractivity contribution is -0.146. The Morgan fingerprint density at radius 3 is 2.61 bits per heavy atom. The number of aryl methyl sites for hydroxylation is 1. The summed E-state index contributed by atoms with van der Waals surface area (Å²) in [6.07, 6.45) is -1.62. The Bertz CT molecular complexity index is 441. The van der Waals surface area contributed by atoms with Crippen LogP contribution < -0.4 is 5.32 Å². The van der Waals surface area contributed by atoms with Gasteiger partial charge in [0.1, 0.15) is 5.82 Å². The molecule has 18 heavy (non-hydrogen) atoms. The van der Waals surface area contributed by atoms with Gasteiger partial charge < -0.3 is 15.5 Å². The molecule has 1 atom stereocenters. The Kier molecular flexibility index (Phi) is 4.79. The minimum Gasteiger partial charge on any atom is -0.479 e. The third-order valence-electron chi connectivity index (χ3n) is 2.29. The highest BCUT2D eigenvalue weighted by atomic mass is 19.1. The van der Waals surface area contributed by atoms with E-state index in [9.17, 15) is 14.0 Å². The molecule has 0 saturated heterocycles. The number of carbonyl (C=O) groups excluding carboxylic acids is 1. The van der Waals surface area contributed by atoms with Crippen LogP contribution in [0, 0.1) is 12.7 Å². The lowest BCUT2D eigenvalue weighted by Gasteiger charge is -2.08. The molecule has 1 aromatic rings. The fourth-order valence-electron chi connectivity index (χ4n) is 1.42. The normalized spacial score (nSPS) is 11.9. The van der Waals surface area contributed by atoms with Crippen LogP contribution in [-0.4, -0.2) is 34.7 Å². The van der Waals surface area contributed by atoms with Gasteiger partial charge in [0.2, 0.25) is 0 Å². The maximum Gasteiger partial charge on any atom is 0.332 e. The van der Waals surface area contributed by atoms with Crippen LogP contribution in [0.4, 0.5) is 4.39 Å². The van der Waals surface area contributed by atoms with Gasteiger partial charge in [0.25, 0.3) is 5.91 Å². The Labute approximate surface area is 103 Å². The molecule has 1 unspecified atom stereocenters. The van der Waals surface area contributed by atoms with Crippen molar-refractivity contribution in [1.82, 2.24) is 5.32 Å². The van der Waals surface area contributed by atoms with Crippen LogP contribution >= 0.6 is 0 Å². The number of rotatable bonds is 5. The number of amides is 1. The van der Waals surface area contributed by atoms with Crippen molar-refractivity contribution < 1.29 is 24.2 Å². The molecular weight excluding hydrogens is 241 g/mol. The van der Waals surface area contributed by atoms with Gasteiger partial charge in [0.05, 0.1) is 0 Å². The maximum absolute atomic E-state index is 13.0. The number of hydrogen-bond acceptors (Lipinski definition) is 3. The number of carbonyl (C=O) groups is 2. The average molecular weight is 255 g/mol. The van der Waals surface area contributed by atoms with Crippen LogP contribution in [-0.2, 0) is 4.79 Å². The molecule has 5 nitrogen and oxygen atoms in total. The van der Waals surface area contributed by atoms with Gasteiger partial charge in [0.15, 0.2) is 6.10 Å². The van der Waals surface area contributed by atoms with Crippen molar-refractivity contribution in [3.63, 3.8) is 0 Å². The first-order valence-electron chi connectivity index (χ1n) is 5.36. The highest BCUT2D eigenvalue weighted by Crippen LogP contribution is 2.08. The summed E-state index contributed by atoms with van der Waals surface area (Å²) in [6, 6.07) is 3.91. The fourth-order valence-corrected chi connectivity index (χ4v) is 1.42. The first-order chi connectivity index (χ1) is 8.40. The SMILES string of the molecule is Cc1cc(F)cc(C(=O)NCCC(O)C(=O)O)c1. The number of aliphatic carboxylic acids is 1. The number of carboxylic acids is 1. The Balaban J connectivity index is 2.53. The summed E-state index contributed by atoms with van der Waals surface area (Å²) in [5.74, 6) is -2.35. The zero-order valence-corrected chi connectivity index (χ0v) is 9.81. The molecule has 0 saturated carbocycles. The van der Waals surface area contributed by atoms with Crippen molar-refractivity contribution in [2.75, 3.05) is 6.54 Å². The largest absolute Gasteiger partial charge is 0.479 e. The third kappa shape index (κ3) is 4.14. The van der Waals surface area contributed by atoms with Gasteiger partial charge in [-0.1, -0.05) is 0 Å². The summed E-state index contributed by atoms with van der Waals surface area (Å²) >= 11 is 0. The van der Waals surface area contributed by atoms with E-state index in [1.165, 1.54) is 12.1 Å². The highest BCUT2D eigenvalue weighted by molar-refractivity contribution is 5.94. The molecule has 1 amide bonds. The molecule has 0 radical (unpaired) electrons. The van der Waals surface area contributed by atoms with Crippen molar-refractivity contribution in [3.8, 4) is 0 Å². The van der Waals surface area contributed by atoms with E-state index in [-0.39, 0.29) is 18.5 Å². The highest BCUT2D eigenvalue weighted by Gasteiger charge is 2.13. The summed E-state index contributed by atoms with van der Waals surface area (Å²) in [6.45, 7) is 1.66. The van der Waals surface area contributed by atoms with Crippen molar-refractivity contribution in [3.05, 3.63) is 35.1 Å². The number of hydrogen-bond donors (Lipinski definition) is 3. The lowest BCUT2D eigenvalue weighted by Crippen LogP contribution is -2.30. The van der Waals surface area contributed by atoms with E-state index in [0.717, 1.165) is 6.07 Å². The zero-order chi connectivity index (χ0) is 13.7. The molecule has 0 fully saturated rings. The minimum atomic E-state index is -1.51. The molecule has 98 valence electrons. The summed E-state index contributed by atoms with van der Waals surface area (Å²) in [5.41, 5.74) is 0.781. The van der Waals surface area contributed by atoms with Crippen molar-refractivity contribution in [1.29, 1.82) is 0 Å². The third-order valence-corrected chi connectivity index (χ3v) is 2.29. The number of halogens is 1. The summed E-state index contributed by atoms with van der Waals surface area (Å²) in [4.78, 5) is 21.9. The van der Waals surface area contributed by atoms with Crippen LogP contribution in [0.3, 0.4) is 0 Å². The minimum absolute atomic E-state index is 0.00185. The Hall–Kier alpha value is -1.95. The molecule has 0 aliphatic rings. The molecule has 0 aliphatic heterocycles. The van der Waals surface area contributed by atoms with Gasteiger partial charge >= 0.3 is 5.97 Å². The number of aliphatic hydroxyl groups is 1. The van der Waals surface area contributed by atoms with E-state index in [2.05, 4.69) is 5.32 Å². The number of carboxylic acid groups (broad SMARTS) is 1. The van der Waals surface area contributed by atoms with Crippen LogP contribution in [0.25, 0.3) is 0 Å². The first kappa shape index (κ1) is 14.1. The van der Waals surface area contributed by atoms with Crippen molar-refractivity contribution >= 4 is 11.9 Å². The molecular formula is C12H14FNO4. The first-order valence-corrected chi connectivity index (χ1v) is 5.36. The molecule has 1 aromatic carbocycles. The molecule has 6 heteroatoms. The summed E-state index contributed by atoms with van der Waals surface area (Å²) in [7, 11) is 0. The van der Waals surface area contributed by atoms with Gasteiger partial charge in [-0.25, -0.2) is 9.18 Å². The lowest BCUT2D eigenvalue weighted by atomic mass is 10.1.